The molecule has 0 bridgehead atoms. The molecule has 1 amide bonds. The van der Waals surface area contributed by atoms with Crippen molar-refractivity contribution in [1.82, 2.24) is 10.4 Å². The number of carbonyl (C=O) groups is 1. The van der Waals surface area contributed by atoms with Gasteiger partial charge in [-0.15, -0.1) is 0 Å². The summed E-state index contributed by atoms with van der Waals surface area (Å²) in [6.45, 7) is 1.74. The lowest BCUT2D eigenvalue weighted by Crippen LogP contribution is -2.45. The summed E-state index contributed by atoms with van der Waals surface area (Å²) in [5.41, 5.74) is 5.27. The van der Waals surface area contributed by atoms with Gasteiger partial charge in [0.05, 0.1) is 23.9 Å². The van der Waals surface area contributed by atoms with Gasteiger partial charge in [-0.25, -0.2) is 5.01 Å². The number of hydrazine groups is 1. The minimum atomic E-state index is -0.159. The van der Waals surface area contributed by atoms with Gasteiger partial charge in [0.15, 0.2) is 0 Å². The van der Waals surface area contributed by atoms with Crippen LogP contribution in [0.1, 0.15) is 43.7 Å². The molecular weight excluding hydrogens is 435 g/mol. The van der Waals surface area contributed by atoms with Gasteiger partial charge in [-0.3, -0.25) is 15.2 Å². The fourth-order valence-corrected chi connectivity index (χ4v) is 4.51. The van der Waals surface area contributed by atoms with E-state index in [1.807, 2.05) is 40.3 Å². The average molecular weight is 461 g/mol. The molecule has 2 aromatic rings. The topological polar surface area (TPSA) is 57.2 Å². The van der Waals surface area contributed by atoms with Crippen molar-refractivity contribution in [3.8, 4) is 5.75 Å². The Kier molecular flexibility index (Phi) is 7.00. The normalized spacial score (nSPS) is 19.6. The van der Waals surface area contributed by atoms with E-state index in [9.17, 15) is 4.79 Å². The van der Waals surface area contributed by atoms with Gasteiger partial charge in [0, 0.05) is 24.5 Å². The maximum absolute atomic E-state index is 13.0. The molecule has 6 nitrogen and oxygen atoms in total. The van der Waals surface area contributed by atoms with Crippen LogP contribution in [0.4, 0.5) is 5.69 Å². The first kappa shape index (κ1) is 21.9. The molecule has 31 heavy (non-hydrogen) atoms. The zero-order valence-electron chi connectivity index (χ0n) is 17.5. The highest BCUT2D eigenvalue weighted by Gasteiger charge is 2.34. The summed E-state index contributed by atoms with van der Waals surface area (Å²) in [5, 5.41) is 9.56. The van der Waals surface area contributed by atoms with Gasteiger partial charge in [-0.05, 0) is 48.7 Å². The van der Waals surface area contributed by atoms with Gasteiger partial charge in [0.1, 0.15) is 11.5 Å². The van der Waals surface area contributed by atoms with Gasteiger partial charge >= 0.3 is 0 Å². The fraction of sp³-hybridized carbons (Fsp3) is 0.391. The molecular formula is C23H26Cl2N4O2. The van der Waals surface area contributed by atoms with E-state index in [0.717, 1.165) is 37.2 Å². The number of carbonyl (C=O) groups excluding carboxylic acids is 1. The van der Waals surface area contributed by atoms with Gasteiger partial charge < -0.3 is 4.74 Å². The van der Waals surface area contributed by atoms with E-state index in [0.29, 0.717) is 27.9 Å². The standard InChI is InChI=1S/C23H26Cl2N4O2/c1-31-18-9-6-16(7-10-18)22-15-20(23(30)27-28-12-4-2-3-5-13-28)26-29(22)21-11-8-17(24)14-19(21)25/h6-11,14,22H,2-5,12-13,15H2,1H3,(H,27,30)/t22-/m0/s1. The second kappa shape index (κ2) is 9.90. The summed E-state index contributed by atoms with van der Waals surface area (Å²) < 4.78 is 5.28. The molecule has 1 atom stereocenters. The van der Waals surface area contributed by atoms with Crippen LogP contribution in [0.2, 0.25) is 10.0 Å². The Labute approximate surface area is 192 Å². The molecule has 2 heterocycles. The number of amides is 1. The summed E-state index contributed by atoms with van der Waals surface area (Å²) in [5.74, 6) is 0.617. The first-order valence-corrected chi connectivity index (χ1v) is 11.3. The Morgan fingerprint density at radius 1 is 1.06 bits per heavy atom. The molecule has 1 fully saturated rings. The molecule has 0 spiro atoms. The highest BCUT2D eigenvalue weighted by molar-refractivity contribution is 6.40. The van der Waals surface area contributed by atoms with Crippen molar-refractivity contribution in [2.24, 2.45) is 5.10 Å². The Morgan fingerprint density at radius 3 is 2.42 bits per heavy atom. The van der Waals surface area contributed by atoms with E-state index < -0.39 is 0 Å². The highest BCUT2D eigenvalue weighted by Crippen LogP contribution is 2.40. The maximum Gasteiger partial charge on any atom is 0.281 e. The quantitative estimate of drug-likeness (QED) is 0.664. The van der Waals surface area contributed by atoms with Crippen LogP contribution >= 0.6 is 23.2 Å². The minimum absolute atomic E-state index is 0.158. The molecule has 1 N–H and O–H groups in total. The Morgan fingerprint density at radius 2 is 1.77 bits per heavy atom. The molecule has 4 rings (SSSR count). The smallest absolute Gasteiger partial charge is 0.281 e. The zero-order chi connectivity index (χ0) is 21.8. The van der Waals surface area contributed by atoms with Crippen LogP contribution in [0, 0.1) is 0 Å². The lowest BCUT2D eigenvalue weighted by atomic mass is 10.0. The average Bonchev–Trinajstić information content (AvgIpc) is 3.05. The molecule has 2 aliphatic rings. The Hall–Kier alpha value is -2.28. The van der Waals surface area contributed by atoms with Crippen molar-refractivity contribution in [3.63, 3.8) is 0 Å². The molecule has 0 aromatic heterocycles. The lowest BCUT2D eigenvalue weighted by molar-refractivity contribution is -0.119. The Bertz CT molecular complexity index is 957. The second-order valence-corrected chi connectivity index (χ2v) is 8.67. The molecule has 164 valence electrons. The number of nitrogens with zero attached hydrogens (tertiary/aromatic N) is 3. The Balaban J connectivity index is 1.61. The predicted octanol–water partition coefficient (Wildman–Crippen LogP) is 5.22. The molecule has 0 radical (unpaired) electrons. The first-order valence-electron chi connectivity index (χ1n) is 10.6. The lowest BCUT2D eigenvalue weighted by Gasteiger charge is -2.25. The van der Waals surface area contributed by atoms with Crippen LogP contribution < -0.4 is 15.2 Å². The summed E-state index contributed by atoms with van der Waals surface area (Å²) >= 11 is 12.6. The summed E-state index contributed by atoms with van der Waals surface area (Å²) in [4.78, 5) is 13.0. The van der Waals surface area contributed by atoms with Crippen LogP contribution in [-0.4, -0.2) is 36.8 Å². The van der Waals surface area contributed by atoms with E-state index in [-0.39, 0.29) is 11.9 Å². The molecule has 1 saturated heterocycles. The minimum Gasteiger partial charge on any atom is -0.497 e. The molecule has 0 aliphatic carbocycles. The second-order valence-electron chi connectivity index (χ2n) is 7.82. The fourth-order valence-electron chi connectivity index (χ4n) is 4.01. The third-order valence-corrected chi connectivity index (χ3v) is 6.23. The third-order valence-electron chi connectivity index (χ3n) is 5.70. The SMILES string of the molecule is COc1ccc([C@@H]2CC(C(=O)NN3CCCCCC3)=NN2c2ccc(Cl)cc2Cl)cc1. The summed E-state index contributed by atoms with van der Waals surface area (Å²) in [7, 11) is 1.64. The molecule has 2 aromatic carbocycles. The number of hydrogen-bond acceptors (Lipinski definition) is 5. The van der Waals surface area contributed by atoms with Gasteiger partial charge in [0.25, 0.3) is 5.91 Å². The maximum atomic E-state index is 13.0. The number of methoxy groups -OCH3 is 1. The van der Waals surface area contributed by atoms with Gasteiger partial charge in [0.2, 0.25) is 0 Å². The number of ether oxygens (including phenoxy) is 1. The van der Waals surface area contributed by atoms with E-state index in [1.165, 1.54) is 12.8 Å². The number of rotatable bonds is 5. The van der Waals surface area contributed by atoms with Crippen LogP contribution in [0.15, 0.2) is 47.6 Å². The molecule has 0 saturated carbocycles. The van der Waals surface area contributed by atoms with Crippen LogP contribution in [0.3, 0.4) is 0 Å². The molecule has 8 heteroatoms. The number of halogens is 2. The summed E-state index contributed by atoms with van der Waals surface area (Å²) in [6, 6.07) is 12.9. The zero-order valence-corrected chi connectivity index (χ0v) is 19.0. The molecule has 2 aliphatic heterocycles. The van der Waals surface area contributed by atoms with Crippen molar-refractivity contribution in [2.75, 3.05) is 25.2 Å². The van der Waals surface area contributed by atoms with Crippen molar-refractivity contribution < 1.29 is 9.53 Å². The van der Waals surface area contributed by atoms with Crippen molar-refractivity contribution in [2.45, 2.75) is 38.1 Å². The van der Waals surface area contributed by atoms with E-state index in [4.69, 9.17) is 33.0 Å². The number of nitrogens with one attached hydrogen (secondary N) is 1. The van der Waals surface area contributed by atoms with E-state index in [1.54, 1.807) is 19.2 Å². The number of hydrazone groups is 1. The van der Waals surface area contributed by atoms with Crippen molar-refractivity contribution in [3.05, 3.63) is 58.1 Å². The van der Waals surface area contributed by atoms with E-state index in [2.05, 4.69) is 5.43 Å². The van der Waals surface area contributed by atoms with Crippen LogP contribution in [0.5, 0.6) is 5.75 Å². The largest absolute Gasteiger partial charge is 0.497 e. The highest BCUT2D eigenvalue weighted by atomic mass is 35.5. The number of anilines is 1. The summed E-state index contributed by atoms with van der Waals surface area (Å²) in [6.07, 6.45) is 5.07. The predicted molar refractivity (Wildman–Crippen MR) is 125 cm³/mol. The van der Waals surface area contributed by atoms with Gasteiger partial charge in [-0.1, -0.05) is 48.2 Å². The van der Waals surface area contributed by atoms with Crippen LogP contribution in [-0.2, 0) is 4.79 Å². The van der Waals surface area contributed by atoms with Gasteiger partial charge in [-0.2, -0.15) is 5.10 Å². The number of hydrogen-bond donors (Lipinski definition) is 1. The first-order chi connectivity index (χ1) is 15.0. The van der Waals surface area contributed by atoms with Crippen molar-refractivity contribution in [1.29, 1.82) is 0 Å². The van der Waals surface area contributed by atoms with Crippen LogP contribution in [0.25, 0.3) is 0 Å². The molecule has 0 unspecified atom stereocenters. The monoisotopic (exact) mass is 460 g/mol. The number of benzene rings is 2. The third kappa shape index (κ3) is 5.14. The van der Waals surface area contributed by atoms with Crippen molar-refractivity contribution >= 4 is 40.5 Å². The van der Waals surface area contributed by atoms with E-state index >= 15 is 0 Å².